The van der Waals surface area contributed by atoms with E-state index in [0.717, 1.165) is 41.0 Å². The highest BCUT2D eigenvalue weighted by molar-refractivity contribution is 7.16. The van der Waals surface area contributed by atoms with E-state index in [9.17, 15) is 22.8 Å². The van der Waals surface area contributed by atoms with Crippen LogP contribution in [0.25, 0.3) is 0 Å². The molecule has 200 valence electrons. The first kappa shape index (κ1) is 27.6. The van der Waals surface area contributed by atoms with Gasteiger partial charge in [0.1, 0.15) is 10.8 Å². The number of rotatable bonds is 5. The number of benzene rings is 2. The van der Waals surface area contributed by atoms with Gasteiger partial charge in [-0.1, -0.05) is 26.8 Å². The lowest BCUT2D eigenvalue weighted by Gasteiger charge is -2.33. The lowest BCUT2D eigenvalue weighted by Crippen LogP contribution is -2.27. The summed E-state index contributed by atoms with van der Waals surface area (Å²) in [5.74, 6) is -0.0387. The minimum Gasteiger partial charge on any atom is -0.427 e. The monoisotopic (exact) mass is 542 g/mol. The van der Waals surface area contributed by atoms with Crippen LogP contribution in [-0.2, 0) is 23.8 Å². The molecule has 1 aromatic heterocycles. The highest BCUT2D eigenvalue weighted by Gasteiger charge is 2.34. The van der Waals surface area contributed by atoms with Crippen molar-refractivity contribution in [3.8, 4) is 5.75 Å². The van der Waals surface area contributed by atoms with Crippen LogP contribution in [0, 0.1) is 11.3 Å². The third kappa shape index (κ3) is 6.51. The van der Waals surface area contributed by atoms with Crippen LogP contribution >= 0.6 is 11.3 Å². The summed E-state index contributed by atoms with van der Waals surface area (Å²) >= 11 is 1.45. The maximum absolute atomic E-state index is 13.5. The molecule has 0 bridgehead atoms. The molecular formula is C29H29F3N2O3S. The molecule has 1 atom stereocenters. The predicted octanol–water partition coefficient (Wildman–Crippen LogP) is 7.85. The van der Waals surface area contributed by atoms with Crippen LogP contribution in [0.1, 0.15) is 66.0 Å². The van der Waals surface area contributed by atoms with Gasteiger partial charge in [0, 0.05) is 23.7 Å². The number of nitrogens with zero attached hydrogens (tertiary/aromatic N) is 1. The van der Waals surface area contributed by atoms with Gasteiger partial charge < -0.3 is 10.1 Å². The third-order valence-corrected chi connectivity index (χ3v) is 7.78. The van der Waals surface area contributed by atoms with Gasteiger partial charge in [0.15, 0.2) is 0 Å². The zero-order chi connectivity index (χ0) is 27.7. The van der Waals surface area contributed by atoms with E-state index in [4.69, 9.17) is 4.74 Å². The molecular weight excluding hydrogens is 513 g/mol. The van der Waals surface area contributed by atoms with Crippen molar-refractivity contribution in [2.45, 2.75) is 53.1 Å². The van der Waals surface area contributed by atoms with E-state index in [1.165, 1.54) is 30.4 Å². The average Bonchev–Trinajstić information content (AvgIpc) is 3.20. The van der Waals surface area contributed by atoms with Crippen LogP contribution in [0.4, 0.5) is 23.9 Å². The molecule has 1 N–H and O–H groups in total. The highest BCUT2D eigenvalue weighted by Crippen LogP contribution is 2.45. The lowest BCUT2D eigenvalue weighted by molar-refractivity contribution is -0.137. The molecule has 1 heterocycles. The number of anilines is 1. The molecule has 0 radical (unpaired) electrons. The summed E-state index contributed by atoms with van der Waals surface area (Å²) < 4.78 is 44.6. The predicted molar refractivity (Wildman–Crippen MR) is 144 cm³/mol. The fraction of sp³-hybridized carbons (Fsp3) is 0.345. The largest absolute Gasteiger partial charge is 0.427 e. The molecule has 0 saturated heterocycles. The van der Waals surface area contributed by atoms with Gasteiger partial charge in [-0.2, -0.15) is 13.2 Å². The summed E-state index contributed by atoms with van der Waals surface area (Å²) in [5.41, 5.74) is 1.41. The molecule has 1 amide bonds. The second-order valence-electron chi connectivity index (χ2n) is 10.4. The van der Waals surface area contributed by atoms with E-state index < -0.39 is 23.6 Å². The van der Waals surface area contributed by atoms with Crippen LogP contribution in [0.15, 0.2) is 53.5 Å². The number of ether oxygens (including phenoxy) is 1. The summed E-state index contributed by atoms with van der Waals surface area (Å²) in [4.78, 5) is 30.3. The Kier molecular flexibility index (Phi) is 7.78. The van der Waals surface area contributed by atoms with Gasteiger partial charge in [-0.15, -0.1) is 11.3 Å². The summed E-state index contributed by atoms with van der Waals surface area (Å²) in [7, 11) is 0. The Labute approximate surface area is 223 Å². The van der Waals surface area contributed by atoms with Crippen molar-refractivity contribution >= 4 is 40.1 Å². The molecule has 5 nitrogen and oxygen atoms in total. The van der Waals surface area contributed by atoms with E-state index in [0.29, 0.717) is 28.7 Å². The normalized spacial score (nSPS) is 15.8. The van der Waals surface area contributed by atoms with Gasteiger partial charge in [-0.25, -0.2) is 4.99 Å². The zero-order valence-corrected chi connectivity index (χ0v) is 22.4. The van der Waals surface area contributed by atoms with Crippen LogP contribution in [0.3, 0.4) is 0 Å². The molecule has 2 aromatic carbocycles. The molecule has 4 rings (SSSR count). The van der Waals surface area contributed by atoms with Crippen molar-refractivity contribution < 1.29 is 27.5 Å². The van der Waals surface area contributed by atoms with Gasteiger partial charge in [-0.3, -0.25) is 9.59 Å². The van der Waals surface area contributed by atoms with Crippen LogP contribution < -0.4 is 10.1 Å². The van der Waals surface area contributed by atoms with E-state index in [1.807, 2.05) is 0 Å². The highest BCUT2D eigenvalue weighted by atomic mass is 32.1. The molecule has 0 aliphatic heterocycles. The topological polar surface area (TPSA) is 67.8 Å². The molecule has 1 aliphatic carbocycles. The van der Waals surface area contributed by atoms with Crippen molar-refractivity contribution in [2.24, 2.45) is 16.3 Å². The molecule has 0 saturated carbocycles. The average molecular weight is 543 g/mol. The fourth-order valence-electron chi connectivity index (χ4n) is 4.52. The maximum atomic E-state index is 13.5. The standard InChI is InChI=1S/C29H29F3N2O3S/c1-17(35)37-22-11-8-18(9-12-22)16-33-27-25(23-13-10-19(28(2,3)4)15-24(23)38-27)26(36)34-21-7-5-6-20(14-21)29(30,31)32/h5-9,11-12,14,16,19H,10,13,15H2,1-4H3,(H,34,36)/b33-16+. The minimum atomic E-state index is -4.51. The second-order valence-corrected chi connectivity index (χ2v) is 11.5. The van der Waals surface area contributed by atoms with Crippen molar-refractivity contribution in [3.63, 3.8) is 0 Å². The molecule has 38 heavy (non-hydrogen) atoms. The first-order valence-electron chi connectivity index (χ1n) is 12.3. The van der Waals surface area contributed by atoms with Gasteiger partial charge in [0.05, 0.1) is 11.1 Å². The number of thiophene rings is 1. The first-order valence-corrected chi connectivity index (χ1v) is 13.1. The fourth-order valence-corrected chi connectivity index (χ4v) is 5.79. The van der Waals surface area contributed by atoms with Gasteiger partial charge in [0.2, 0.25) is 0 Å². The Morgan fingerprint density at radius 1 is 1.11 bits per heavy atom. The van der Waals surface area contributed by atoms with Crippen LogP contribution in [-0.4, -0.2) is 18.1 Å². The Hall–Kier alpha value is -3.46. The SMILES string of the molecule is CC(=O)Oc1ccc(/C=N/c2sc3c(c2C(=O)Nc2cccc(C(F)(F)F)c2)CCC(C(C)(C)C)C3)cc1. The number of hydrogen-bond donors (Lipinski definition) is 1. The van der Waals surface area contributed by atoms with E-state index in [2.05, 4.69) is 31.1 Å². The van der Waals surface area contributed by atoms with E-state index in [1.54, 1.807) is 30.5 Å². The van der Waals surface area contributed by atoms with E-state index >= 15 is 0 Å². The quantitative estimate of drug-likeness (QED) is 0.203. The van der Waals surface area contributed by atoms with Gasteiger partial charge in [0.25, 0.3) is 5.91 Å². The number of nitrogens with one attached hydrogen (secondary N) is 1. The smallest absolute Gasteiger partial charge is 0.416 e. The number of aliphatic imine (C=N–C) groups is 1. The number of fused-ring (bicyclic) bond motifs is 1. The summed E-state index contributed by atoms with van der Waals surface area (Å²) in [6.45, 7) is 7.94. The second kappa shape index (κ2) is 10.7. The molecule has 3 aromatic rings. The van der Waals surface area contributed by atoms with Crippen LogP contribution in [0.5, 0.6) is 5.75 Å². The number of carbonyl (C=O) groups excluding carboxylic acids is 2. The minimum absolute atomic E-state index is 0.0733. The Balaban J connectivity index is 1.67. The maximum Gasteiger partial charge on any atom is 0.416 e. The molecule has 1 unspecified atom stereocenters. The van der Waals surface area contributed by atoms with Crippen molar-refractivity contribution in [1.82, 2.24) is 0 Å². The Morgan fingerprint density at radius 3 is 2.45 bits per heavy atom. The summed E-state index contributed by atoms with van der Waals surface area (Å²) in [6.07, 6.45) is -0.453. The Morgan fingerprint density at radius 2 is 1.82 bits per heavy atom. The third-order valence-electron chi connectivity index (χ3n) is 6.62. The number of esters is 1. The first-order chi connectivity index (χ1) is 17.8. The van der Waals surface area contributed by atoms with Crippen molar-refractivity contribution in [2.75, 3.05) is 5.32 Å². The Bertz CT molecular complexity index is 1370. The number of halogens is 3. The zero-order valence-electron chi connectivity index (χ0n) is 21.6. The number of carbonyl (C=O) groups is 2. The lowest BCUT2D eigenvalue weighted by atomic mass is 9.72. The molecule has 0 fully saturated rings. The van der Waals surface area contributed by atoms with Crippen molar-refractivity contribution in [3.05, 3.63) is 75.7 Å². The van der Waals surface area contributed by atoms with Gasteiger partial charge >= 0.3 is 12.1 Å². The van der Waals surface area contributed by atoms with Crippen molar-refractivity contribution in [1.29, 1.82) is 0 Å². The molecule has 1 aliphatic rings. The number of alkyl halides is 3. The molecule has 0 spiro atoms. The van der Waals surface area contributed by atoms with E-state index in [-0.39, 0.29) is 11.1 Å². The summed E-state index contributed by atoms with van der Waals surface area (Å²) in [6, 6.07) is 11.4. The molecule has 9 heteroatoms. The van der Waals surface area contributed by atoms with Crippen LogP contribution in [0.2, 0.25) is 0 Å². The van der Waals surface area contributed by atoms with Gasteiger partial charge in [-0.05, 0) is 84.2 Å². The number of amides is 1. The number of hydrogen-bond acceptors (Lipinski definition) is 5. The summed E-state index contributed by atoms with van der Waals surface area (Å²) in [5, 5.41) is 3.17.